The Bertz CT molecular complexity index is 674. The molecule has 5 nitrogen and oxygen atoms in total. The minimum Gasteiger partial charge on any atom is -0.481 e. The number of hydrogen-bond donors (Lipinski definition) is 1. The van der Waals surface area contributed by atoms with E-state index in [1.54, 1.807) is 12.1 Å². The van der Waals surface area contributed by atoms with Gasteiger partial charge in [-0.3, -0.25) is 9.59 Å². The van der Waals surface area contributed by atoms with Crippen LogP contribution in [0.3, 0.4) is 0 Å². The van der Waals surface area contributed by atoms with Gasteiger partial charge in [-0.25, -0.2) is 13.8 Å². The van der Waals surface area contributed by atoms with Gasteiger partial charge in [-0.15, -0.1) is 11.8 Å². The molecule has 136 valence electrons. The number of carbonyl (C=O) groups excluding carboxylic acids is 1. The van der Waals surface area contributed by atoms with E-state index in [2.05, 4.69) is 4.98 Å². The molecule has 0 aromatic carbocycles. The Hall–Kier alpha value is -1.41. The summed E-state index contributed by atoms with van der Waals surface area (Å²) in [6, 6.07) is 3.43. The maximum atomic E-state index is 13.4. The van der Waals surface area contributed by atoms with Gasteiger partial charge in [0.25, 0.3) is 5.92 Å². The highest BCUT2D eigenvalue weighted by molar-refractivity contribution is 7.99. The maximum absolute atomic E-state index is 13.4. The van der Waals surface area contributed by atoms with Crippen LogP contribution in [0, 0.1) is 11.8 Å². The summed E-state index contributed by atoms with van der Waals surface area (Å²) in [7, 11) is 0. The number of amides is 1. The summed E-state index contributed by atoms with van der Waals surface area (Å²) in [5.74, 6) is -6.04. The summed E-state index contributed by atoms with van der Waals surface area (Å²) < 4.78 is 26.7. The van der Waals surface area contributed by atoms with E-state index < -0.39 is 36.2 Å². The van der Waals surface area contributed by atoms with Crippen molar-refractivity contribution in [2.45, 2.75) is 35.5 Å². The van der Waals surface area contributed by atoms with Gasteiger partial charge in [-0.1, -0.05) is 11.6 Å². The van der Waals surface area contributed by atoms with Crippen molar-refractivity contribution in [3.63, 3.8) is 0 Å². The fraction of sp³-hybridized carbons (Fsp3) is 0.562. The topological polar surface area (TPSA) is 70.5 Å². The molecular weight excluding hydrogens is 374 g/mol. The Morgan fingerprint density at radius 1 is 1.32 bits per heavy atom. The molecule has 0 spiro atoms. The van der Waals surface area contributed by atoms with Gasteiger partial charge in [0.05, 0.1) is 28.4 Å². The first-order chi connectivity index (χ1) is 11.7. The molecule has 1 aliphatic heterocycles. The lowest BCUT2D eigenvalue weighted by Crippen LogP contribution is -2.39. The second-order valence-electron chi connectivity index (χ2n) is 6.44. The quantitative estimate of drug-likeness (QED) is 0.855. The first-order valence-corrected chi connectivity index (χ1v) is 9.18. The van der Waals surface area contributed by atoms with Gasteiger partial charge in [-0.2, -0.15) is 0 Å². The molecule has 9 heteroatoms. The zero-order valence-corrected chi connectivity index (χ0v) is 14.8. The Labute approximate surface area is 152 Å². The molecule has 2 fully saturated rings. The predicted octanol–water partition coefficient (Wildman–Crippen LogP) is 3.17. The fourth-order valence-electron chi connectivity index (χ4n) is 3.39. The van der Waals surface area contributed by atoms with Crippen molar-refractivity contribution in [3.05, 3.63) is 23.4 Å². The second-order valence-corrected chi connectivity index (χ2v) is 8.20. The van der Waals surface area contributed by atoms with Crippen LogP contribution in [-0.4, -0.2) is 51.1 Å². The summed E-state index contributed by atoms with van der Waals surface area (Å²) in [6.45, 7) is -0.642. The van der Waals surface area contributed by atoms with Crippen LogP contribution in [-0.2, 0) is 9.59 Å². The van der Waals surface area contributed by atoms with Crippen LogP contribution in [0.2, 0.25) is 5.02 Å². The minimum absolute atomic E-state index is 0.0226. The molecule has 1 saturated heterocycles. The number of likely N-dealkylation sites (tertiary alicyclic amines) is 1. The van der Waals surface area contributed by atoms with Gasteiger partial charge in [-0.05, 0) is 25.0 Å². The fourth-order valence-corrected chi connectivity index (χ4v) is 4.72. The lowest BCUT2D eigenvalue weighted by molar-refractivity contribution is -0.149. The van der Waals surface area contributed by atoms with Crippen LogP contribution in [0.1, 0.15) is 19.3 Å². The largest absolute Gasteiger partial charge is 0.481 e. The summed E-state index contributed by atoms with van der Waals surface area (Å²) in [4.78, 5) is 29.4. The molecule has 1 aromatic heterocycles. The van der Waals surface area contributed by atoms with Crippen LogP contribution in [0.25, 0.3) is 0 Å². The van der Waals surface area contributed by atoms with E-state index in [1.165, 1.54) is 18.0 Å². The first kappa shape index (κ1) is 18.4. The van der Waals surface area contributed by atoms with E-state index in [0.29, 0.717) is 22.9 Å². The van der Waals surface area contributed by atoms with E-state index in [1.807, 2.05) is 0 Å². The highest BCUT2D eigenvalue weighted by atomic mass is 35.5. The van der Waals surface area contributed by atoms with E-state index in [9.17, 15) is 23.5 Å². The molecule has 0 radical (unpaired) electrons. The van der Waals surface area contributed by atoms with Crippen LogP contribution in [0.4, 0.5) is 8.78 Å². The van der Waals surface area contributed by atoms with Gasteiger partial charge in [0, 0.05) is 24.4 Å². The van der Waals surface area contributed by atoms with E-state index in [-0.39, 0.29) is 18.2 Å². The van der Waals surface area contributed by atoms with Crippen molar-refractivity contribution >= 4 is 35.2 Å². The molecule has 3 rings (SSSR count). The predicted molar refractivity (Wildman–Crippen MR) is 88.9 cm³/mol. The Kier molecular flexibility index (Phi) is 5.20. The summed E-state index contributed by atoms with van der Waals surface area (Å²) in [6.07, 6.45) is 1.79. The third-order valence-electron chi connectivity index (χ3n) is 4.62. The zero-order chi connectivity index (χ0) is 18.2. The number of carboxylic acid groups (broad SMARTS) is 1. The average molecular weight is 391 g/mol. The smallest absolute Gasteiger partial charge is 0.307 e. The van der Waals surface area contributed by atoms with Crippen molar-refractivity contribution in [1.29, 1.82) is 0 Å². The Balaban J connectivity index is 1.69. The second kappa shape index (κ2) is 7.07. The van der Waals surface area contributed by atoms with Crippen LogP contribution >= 0.6 is 23.4 Å². The van der Waals surface area contributed by atoms with Crippen molar-refractivity contribution in [3.8, 4) is 0 Å². The highest BCUT2D eigenvalue weighted by Gasteiger charge is 2.48. The SMILES string of the molecule is O=C(O)[C@@H]1C[C@@H](Sc2ccc(Cl)cn2)C[C@H]1C(=O)N1CCC(F)(F)C1. The maximum Gasteiger partial charge on any atom is 0.307 e. The third kappa shape index (κ3) is 4.23. The Morgan fingerprint density at radius 2 is 2.04 bits per heavy atom. The van der Waals surface area contributed by atoms with Crippen molar-refractivity contribution in [1.82, 2.24) is 9.88 Å². The minimum atomic E-state index is -2.88. The van der Waals surface area contributed by atoms with Gasteiger partial charge >= 0.3 is 5.97 Å². The molecule has 0 unspecified atom stereocenters. The van der Waals surface area contributed by atoms with Gasteiger partial charge in [0.2, 0.25) is 5.91 Å². The lowest BCUT2D eigenvalue weighted by Gasteiger charge is -2.22. The number of nitrogens with zero attached hydrogens (tertiary/aromatic N) is 2. The van der Waals surface area contributed by atoms with Crippen LogP contribution in [0.15, 0.2) is 23.4 Å². The highest BCUT2D eigenvalue weighted by Crippen LogP contribution is 2.43. The molecule has 1 N–H and O–H groups in total. The molecule has 1 saturated carbocycles. The number of rotatable bonds is 4. The molecule has 25 heavy (non-hydrogen) atoms. The van der Waals surface area contributed by atoms with Crippen molar-refractivity contribution < 1.29 is 23.5 Å². The molecule has 2 heterocycles. The monoisotopic (exact) mass is 390 g/mol. The molecular formula is C16H17ClF2N2O3S. The standard InChI is InChI=1S/C16H17ClF2N2O3S/c17-9-1-2-13(20-7-9)25-10-5-11(12(6-10)15(23)24)14(22)21-4-3-16(18,19)8-21/h1-2,7,10-12H,3-6,8H2,(H,23,24)/t10-,11+,12+/m0/s1. The number of carboxylic acids is 1. The number of carbonyl (C=O) groups is 2. The number of thioether (sulfide) groups is 1. The van der Waals surface area contributed by atoms with Crippen molar-refractivity contribution in [2.24, 2.45) is 11.8 Å². The van der Waals surface area contributed by atoms with Crippen LogP contribution in [0.5, 0.6) is 0 Å². The first-order valence-electron chi connectivity index (χ1n) is 7.93. The molecule has 1 amide bonds. The summed E-state index contributed by atoms with van der Waals surface area (Å²) in [5.41, 5.74) is 0. The Morgan fingerprint density at radius 3 is 2.60 bits per heavy atom. The van der Waals surface area contributed by atoms with Gasteiger partial charge in [0.15, 0.2) is 0 Å². The number of aliphatic carboxylic acids is 1. The molecule has 1 aromatic rings. The number of aromatic nitrogens is 1. The number of hydrogen-bond acceptors (Lipinski definition) is 4. The van der Waals surface area contributed by atoms with E-state index >= 15 is 0 Å². The zero-order valence-electron chi connectivity index (χ0n) is 13.2. The van der Waals surface area contributed by atoms with E-state index in [0.717, 1.165) is 4.90 Å². The number of alkyl halides is 2. The number of halogens is 3. The van der Waals surface area contributed by atoms with Gasteiger partial charge in [0.1, 0.15) is 0 Å². The summed E-state index contributed by atoms with van der Waals surface area (Å²) in [5, 5.41) is 10.5. The lowest BCUT2D eigenvalue weighted by atomic mass is 9.95. The van der Waals surface area contributed by atoms with Crippen molar-refractivity contribution in [2.75, 3.05) is 13.1 Å². The number of pyridine rings is 1. The molecule has 3 atom stereocenters. The third-order valence-corrected chi connectivity index (χ3v) is 6.05. The van der Waals surface area contributed by atoms with Gasteiger partial charge < -0.3 is 10.0 Å². The van der Waals surface area contributed by atoms with E-state index in [4.69, 9.17) is 11.6 Å². The average Bonchev–Trinajstić information content (AvgIpc) is 3.12. The normalized spacial score (nSPS) is 28.3. The summed E-state index contributed by atoms with van der Waals surface area (Å²) >= 11 is 7.19. The molecule has 0 bridgehead atoms. The van der Waals surface area contributed by atoms with Crippen LogP contribution < -0.4 is 0 Å². The molecule has 1 aliphatic carbocycles. The molecule has 2 aliphatic rings.